The van der Waals surface area contributed by atoms with E-state index in [1.54, 1.807) is 12.4 Å². The van der Waals surface area contributed by atoms with E-state index in [2.05, 4.69) is 29.0 Å². The minimum atomic E-state index is -0.0471. The lowest BCUT2D eigenvalue weighted by Crippen LogP contribution is -2.22. The maximum Gasteiger partial charge on any atom is 0.0621 e. The van der Waals surface area contributed by atoms with E-state index in [4.69, 9.17) is 11.6 Å². The van der Waals surface area contributed by atoms with Crippen LogP contribution in [0.5, 0.6) is 0 Å². The van der Waals surface area contributed by atoms with E-state index >= 15 is 0 Å². The van der Waals surface area contributed by atoms with Gasteiger partial charge in [0.25, 0.3) is 0 Å². The number of nitrogens with zero attached hydrogens (tertiary/aromatic N) is 2. The fourth-order valence-corrected chi connectivity index (χ4v) is 1.88. The molecule has 4 heteroatoms. The van der Waals surface area contributed by atoms with Gasteiger partial charge in [-0.1, -0.05) is 25.4 Å². The smallest absolute Gasteiger partial charge is 0.0621 e. The van der Waals surface area contributed by atoms with Crippen LogP contribution in [0, 0.1) is 0 Å². The van der Waals surface area contributed by atoms with Gasteiger partial charge in [0.05, 0.1) is 10.7 Å². The van der Waals surface area contributed by atoms with Gasteiger partial charge in [0.1, 0.15) is 0 Å². The quantitative estimate of drug-likeness (QED) is 0.889. The molecule has 2 rings (SSSR count). The van der Waals surface area contributed by atoms with Crippen molar-refractivity contribution in [2.75, 3.05) is 0 Å². The number of halogens is 1. The molecule has 0 saturated heterocycles. The molecule has 2 heterocycles. The number of hydrogen-bond acceptors (Lipinski definition) is 2. The molecule has 0 amide bonds. The van der Waals surface area contributed by atoms with E-state index in [9.17, 15) is 0 Å². The van der Waals surface area contributed by atoms with Gasteiger partial charge in [-0.3, -0.25) is 10.1 Å². The highest BCUT2D eigenvalue weighted by molar-refractivity contribution is 6.31. The molecule has 0 atom stereocenters. The fourth-order valence-electron chi connectivity index (χ4n) is 1.70. The van der Waals surface area contributed by atoms with Gasteiger partial charge in [0, 0.05) is 29.9 Å². The van der Waals surface area contributed by atoms with Gasteiger partial charge in [0.2, 0.25) is 0 Å². The first kappa shape index (κ1) is 11.1. The number of pyridine rings is 1. The summed E-state index contributed by atoms with van der Waals surface area (Å²) in [6, 6.07) is 5.69. The highest BCUT2D eigenvalue weighted by Crippen LogP contribution is 2.27. The van der Waals surface area contributed by atoms with Gasteiger partial charge in [-0.05, 0) is 18.2 Å². The Kier molecular flexibility index (Phi) is 2.97. The minimum absolute atomic E-state index is 0.0471. The topological polar surface area (TPSA) is 41.6 Å². The molecule has 0 saturated carbocycles. The average Bonchev–Trinajstić information content (AvgIpc) is 2.75. The molecule has 0 unspecified atom stereocenters. The summed E-state index contributed by atoms with van der Waals surface area (Å²) >= 11 is 6.10. The van der Waals surface area contributed by atoms with Crippen LogP contribution in [0.3, 0.4) is 0 Å². The molecule has 0 aliphatic carbocycles. The molecule has 84 valence electrons. The number of nitrogens with one attached hydrogen (secondary N) is 1. The maximum absolute atomic E-state index is 6.10. The SMILES string of the molecule is CC(C)(Cc1ncccc1Cl)c1ccn[nH]1. The van der Waals surface area contributed by atoms with E-state index in [0.717, 1.165) is 22.8 Å². The molecule has 1 N–H and O–H groups in total. The normalized spacial score (nSPS) is 11.7. The molecule has 0 fully saturated rings. The van der Waals surface area contributed by atoms with Crippen LogP contribution in [0.1, 0.15) is 25.2 Å². The van der Waals surface area contributed by atoms with Crippen molar-refractivity contribution in [2.24, 2.45) is 0 Å². The zero-order valence-corrected chi connectivity index (χ0v) is 10.1. The van der Waals surface area contributed by atoms with Crippen LogP contribution in [0.15, 0.2) is 30.6 Å². The first-order valence-corrected chi connectivity index (χ1v) is 5.57. The van der Waals surface area contributed by atoms with Gasteiger partial charge in [0.15, 0.2) is 0 Å². The standard InChI is InChI=1S/C12H14ClN3/c1-12(2,11-5-7-15-16-11)8-10-9(13)4-3-6-14-10/h3-7H,8H2,1-2H3,(H,15,16). The molecule has 0 aliphatic rings. The van der Waals surface area contributed by atoms with Gasteiger partial charge >= 0.3 is 0 Å². The van der Waals surface area contributed by atoms with Gasteiger partial charge in [-0.15, -0.1) is 0 Å². The highest BCUT2D eigenvalue weighted by atomic mass is 35.5. The zero-order chi connectivity index (χ0) is 11.6. The lowest BCUT2D eigenvalue weighted by Gasteiger charge is -2.22. The number of H-pyrrole nitrogens is 1. The Hall–Kier alpha value is -1.35. The Bertz CT molecular complexity index is 463. The van der Waals surface area contributed by atoms with Crippen molar-refractivity contribution in [2.45, 2.75) is 25.7 Å². The fraction of sp³-hybridized carbons (Fsp3) is 0.333. The largest absolute Gasteiger partial charge is 0.282 e. The van der Waals surface area contributed by atoms with E-state index in [-0.39, 0.29) is 5.41 Å². The Balaban J connectivity index is 2.25. The molecule has 0 radical (unpaired) electrons. The number of aromatic amines is 1. The van der Waals surface area contributed by atoms with Gasteiger partial charge in [-0.2, -0.15) is 5.10 Å². The summed E-state index contributed by atoms with van der Waals surface area (Å²) in [5.74, 6) is 0. The third-order valence-corrected chi connectivity index (χ3v) is 3.02. The summed E-state index contributed by atoms with van der Waals surface area (Å²) in [6.45, 7) is 4.29. The molecular formula is C12H14ClN3. The number of aromatic nitrogens is 3. The van der Waals surface area contributed by atoms with Crippen LogP contribution < -0.4 is 0 Å². The summed E-state index contributed by atoms with van der Waals surface area (Å²) in [6.07, 6.45) is 4.32. The van der Waals surface area contributed by atoms with Crippen molar-refractivity contribution in [3.8, 4) is 0 Å². The molecule has 16 heavy (non-hydrogen) atoms. The van der Waals surface area contributed by atoms with Crippen LogP contribution in [0.4, 0.5) is 0 Å². The summed E-state index contributed by atoms with van der Waals surface area (Å²) in [5, 5.41) is 7.69. The lowest BCUT2D eigenvalue weighted by atomic mass is 9.84. The van der Waals surface area contributed by atoms with Crippen molar-refractivity contribution >= 4 is 11.6 Å². The van der Waals surface area contributed by atoms with Crippen molar-refractivity contribution < 1.29 is 0 Å². The molecule has 0 aliphatic heterocycles. The highest BCUT2D eigenvalue weighted by Gasteiger charge is 2.24. The monoisotopic (exact) mass is 235 g/mol. The Morgan fingerprint density at radius 3 is 2.75 bits per heavy atom. The number of hydrogen-bond donors (Lipinski definition) is 1. The third kappa shape index (κ3) is 2.25. The maximum atomic E-state index is 6.10. The minimum Gasteiger partial charge on any atom is -0.282 e. The second-order valence-electron chi connectivity index (χ2n) is 4.46. The van der Waals surface area contributed by atoms with Crippen LogP contribution in [-0.2, 0) is 11.8 Å². The van der Waals surface area contributed by atoms with Crippen molar-refractivity contribution in [1.82, 2.24) is 15.2 Å². The second-order valence-corrected chi connectivity index (χ2v) is 4.87. The predicted octanol–water partition coefficient (Wildman–Crippen LogP) is 2.98. The summed E-state index contributed by atoms with van der Waals surface area (Å²) < 4.78 is 0. The van der Waals surface area contributed by atoms with Gasteiger partial charge < -0.3 is 0 Å². The zero-order valence-electron chi connectivity index (χ0n) is 9.37. The molecular weight excluding hydrogens is 222 g/mol. The molecule has 2 aromatic rings. The van der Waals surface area contributed by atoms with Crippen molar-refractivity contribution in [3.05, 3.63) is 47.0 Å². The molecule has 0 aromatic carbocycles. The summed E-state index contributed by atoms with van der Waals surface area (Å²) in [5.41, 5.74) is 1.96. The first-order valence-electron chi connectivity index (χ1n) is 5.19. The Morgan fingerprint density at radius 2 is 2.12 bits per heavy atom. The lowest BCUT2D eigenvalue weighted by molar-refractivity contribution is 0.498. The third-order valence-electron chi connectivity index (χ3n) is 2.67. The second kappa shape index (κ2) is 4.26. The van der Waals surface area contributed by atoms with E-state index in [0.29, 0.717) is 0 Å². The van der Waals surface area contributed by atoms with Crippen LogP contribution in [0.25, 0.3) is 0 Å². The summed E-state index contributed by atoms with van der Waals surface area (Å²) in [4.78, 5) is 4.31. The molecule has 0 bridgehead atoms. The number of rotatable bonds is 3. The predicted molar refractivity (Wildman–Crippen MR) is 64.6 cm³/mol. The van der Waals surface area contributed by atoms with Crippen molar-refractivity contribution in [3.63, 3.8) is 0 Å². The van der Waals surface area contributed by atoms with E-state index < -0.39 is 0 Å². The molecule has 2 aromatic heterocycles. The molecule has 3 nitrogen and oxygen atoms in total. The Morgan fingerprint density at radius 1 is 1.31 bits per heavy atom. The summed E-state index contributed by atoms with van der Waals surface area (Å²) in [7, 11) is 0. The average molecular weight is 236 g/mol. The van der Waals surface area contributed by atoms with E-state index in [1.807, 2.05) is 18.2 Å². The van der Waals surface area contributed by atoms with Crippen LogP contribution in [-0.4, -0.2) is 15.2 Å². The van der Waals surface area contributed by atoms with Crippen LogP contribution in [0.2, 0.25) is 5.02 Å². The Labute approximate surface area is 99.9 Å². The van der Waals surface area contributed by atoms with Gasteiger partial charge in [-0.25, -0.2) is 0 Å². The molecule has 0 spiro atoms. The van der Waals surface area contributed by atoms with Crippen LogP contribution >= 0.6 is 11.6 Å². The first-order chi connectivity index (χ1) is 7.59. The van der Waals surface area contributed by atoms with Crippen molar-refractivity contribution in [1.29, 1.82) is 0 Å². The van der Waals surface area contributed by atoms with E-state index in [1.165, 1.54) is 0 Å².